The zero-order chi connectivity index (χ0) is 33.1. The van der Waals surface area contributed by atoms with Gasteiger partial charge in [0.1, 0.15) is 17.8 Å². The number of aromatic hydroxyl groups is 1. The number of rotatable bonds is 15. The molecule has 1 saturated heterocycles. The molecule has 3 aromatic carbocycles. The highest BCUT2D eigenvalue weighted by atomic mass is 35.5. The lowest BCUT2D eigenvalue weighted by Crippen LogP contribution is -2.38. The van der Waals surface area contributed by atoms with Crippen LogP contribution in [0.1, 0.15) is 65.1 Å². The third-order valence-electron chi connectivity index (χ3n) is 8.48. The lowest BCUT2D eigenvalue weighted by atomic mass is 9.86. The van der Waals surface area contributed by atoms with Crippen molar-refractivity contribution < 1.29 is 23.1 Å². The van der Waals surface area contributed by atoms with Gasteiger partial charge >= 0.3 is 0 Å². The van der Waals surface area contributed by atoms with Crippen molar-refractivity contribution in [2.24, 2.45) is 0 Å². The third kappa shape index (κ3) is 10.6. The number of unbranched alkanes of at least 4 members (excludes halogenated alkanes) is 2. The Morgan fingerprint density at radius 1 is 0.936 bits per heavy atom. The standard InChI is InChI=1S/C36H43ClN4O5S/c37-31-12-13-33(34(25-31)36(43)38-16-5-2-6-17-39-47(44,45)27-28-8-3-1-4-9-28)29-14-18-40(19-15-29)20-21-41-22-23-46-35(26-41)30-10-7-11-32(42)24-30/h1,3-4,7-13,22-26,29,39,42H,2,5-6,14-21,27H2,(H,38,43). The molecule has 2 aliphatic rings. The Kier molecular flexibility index (Phi) is 12.4. The van der Waals surface area contributed by atoms with E-state index < -0.39 is 10.0 Å². The summed E-state index contributed by atoms with van der Waals surface area (Å²) in [6, 6.07) is 21.8. The van der Waals surface area contributed by atoms with Gasteiger partial charge in [-0.2, -0.15) is 0 Å². The molecule has 1 amide bonds. The van der Waals surface area contributed by atoms with Crippen molar-refractivity contribution in [1.82, 2.24) is 19.8 Å². The van der Waals surface area contributed by atoms with E-state index in [-0.39, 0.29) is 23.3 Å². The third-order valence-corrected chi connectivity index (χ3v) is 10.1. The number of piperidine rings is 1. The smallest absolute Gasteiger partial charge is 0.251 e. The van der Waals surface area contributed by atoms with E-state index in [0.717, 1.165) is 68.6 Å². The first-order chi connectivity index (χ1) is 22.8. The van der Waals surface area contributed by atoms with E-state index in [9.17, 15) is 18.3 Å². The molecule has 0 spiro atoms. The van der Waals surface area contributed by atoms with Crippen LogP contribution in [0, 0.1) is 0 Å². The molecule has 0 bridgehead atoms. The fraction of sp³-hybridized carbons (Fsp3) is 0.361. The number of ether oxygens (including phenoxy) is 1. The summed E-state index contributed by atoms with van der Waals surface area (Å²) in [7, 11) is -3.38. The molecular formula is C36H43ClN4O5S. The number of nitrogens with one attached hydrogen (secondary N) is 2. The number of halogens is 1. The van der Waals surface area contributed by atoms with Crippen molar-refractivity contribution in [3.8, 4) is 5.75 Å². The minimum atomic E-state index is -3.38. The average Bonchev–Trinajstić information content (AvgIpc) is 3.07. The number of carbonyl (C=O) groups is 1. The van der Waals surface area contributed by atoms with Crippen LogP contribution in [0.4, 0.5) is 0 Å². The fourth-order valence-corrected chi connectivity index (χ4v) is 7.31. The molecule has 0 radical (unpaired) electrons. The second-order valence-corrected chi connectivity index (χ2v) is 14.2. The van der Waals surface area contributed by atoms with E-state index in [1.54, 1.807) is 42.7 Å². The SMILES string of the molecule is O=C(NCCCCCNS(=O)(=O)Cc1ccccc1)c1cc(Cl)ccc1C1CCN(CCN2C=COC(c3cccc(O)c3)=C2)CC1. The number of hydrogen-bond acceptors (Lipinski definition) is 7. The van der Waals surface area contributed by atoms with Gasteiger partial charge < -0.3 is 25.0 Å². The number of nitrogens with zero attached hydrogens (tertiary/aromatic N) is 2. The average molecular weight is 679 g/mol. The molecule has 0 saturated carbocycles. The van der Waals surface area contributed by atoms with Crippen LogP contribution in [0.3, 0.4) is 0 Å². The van der Waals surface area contributed by atoms with Crippen molar-refractivity contribution in [3.63, 3.8) is 0 Å². The van der Waals surface area contributed by atoms with Gasteiger partial charge in [0.2, 0.25) is 10.0 Å². The van der Waals surface area contributed by atoms with Crippen molar-refractivity contribution in [1.29, 1.82) is 0 Å². The summed E-state index contributed by atoms with van der Waals surface area (Å²) >= 11 is 6.32. The molecule has 250 valence electrons. The normalized spacial score (nSPS) is 15.7. The molecule has 3 aromatic rings. The number of sulfonamides is 1. The van der Waals surface area contributed by atoms with Crippen LogP contribution < -0.4 is 10.0 Å². The Labute approximate surface area is 282 Å². The molecule has 3 N–H and O–H groups in total. The first kappa shape index (κ1) is 34.5. The van der Waals surface area contributed by atoms with Gasteiger partial charge in [-0.25, -0.2) is 13.1 Å². The topological polar surface area (TPSA) is 111 Å². The summed E-state index contributed by atoms with van der Waals surface area (Å²) < 4.78 is 32.9. The molecule has 0 unspecified atom stereocenters. The minimum absolute atomic E-state index is 0.0300. The molecule has 0 aliphatic carbocycles. The van der Waals surface area contributed by atoms with Crippen LogP contribution in [0.5, 0.6) is 5.75 Å². The second kappa shape index (κ2) is 16.8. The number of hydrogen-bond donors (Lipinski definition) is 3. The van der Waals surface area contributed by atoms with E-state index >= 15 is 0 Å². The number of carbonyl (C=O) groups excluding carboxylic acids is 1. The number of likely N-dealkylation sites (tertiary alicyclic amines) is 1. The zero-order valence-corrected chi connectivity index (χ0v) is 28.1. The molecule has 2 aliphatic heterocycles. The maximum Gasteiger partial charge on any atom is 0.251 e. The van der Waals surface area contributed by atoms with Gasteiger partial charge in [0.25, 0.3) is 5.91 Å². The summed E-state index contributed by atoms with van der Waals surface area (Å²) in [5.41, 5.74) is 3.25. The maximum absolute atomic E-state index is 13.2. The Morgan fingerprint density at radius 3 is 2.51 bits per heavy atom. The molecule has 47 heavy (non-hydrogen) atoms. The monoisotopic (exact) mass is 678 g/mol. The van der Waals surface area contributed by atoms with Gasteiger partial charge in [-0.05, 0) is 80.1 Å². The first-order valence-corrected chi connectivity index (χ1v) is 18.2. The van der Waals surface area contributed by atoms with Crippen molar-refractivity contribution >= 4 is 33.3 Å². The molecule has 5 rings (SSSR count). The minimum Gasteiger partial charge on any atom is -0.508 e. The molecule has 11 heteroatoms. The predicted molar refractivity (Wildman–Crippen MR) is 186 cm³/mol. The number of benzene rings is 3. The van der Waals surface area contributed by atoms with Gasteiger partial charge in [-0.15, -0.1) is 0 Å². The van der Waals surface area contributed by atoms with Crippen LogP contribution in [0.15, 0.2) is 91.5 Å². The summed E-state index contributed by atoms with van der Waals surface area (Å²) in [6.45, 7) is 4.45. The summed E-state index contributed by atoms with van der Waals surface area (Å²) in [5, 5.41) is 13.4. The van der Waals surface area contributed by atoms with Crippen LogP contribution in [0.2, 0.25) is 5.02 Å². The van der Waals surface area contributed by atoms with Gasteiger partial charge in [-0.1, -0.05) is 66.6 Å². The van der Waals surface area contributed by atoms with E-state index in [4.69, 9.17) is 16.3 Å². The van der Waals surface area contributed by atoms with Crippen LogP contribution in [0.25, 0.3) is 5.76 Å². The molecule has 0 aromatic heterocycles. The van der Waals surface area contributed by atoms with E-state index in [0.29, 0.717) is 35.9 Å². The lowest BCUT2D eigenvalue weighted by molar-refractivity contribution is 0.0950. The van der Waals surface area contributed by atoms with Gasteiger partial charge in [-0.3, -0.25) is 4.79 Å². The molecule has 2 heterocycles. The highest BCUT2D eigenvalue weighted by Crippen LogP contribution is 2.32. The largest absolute Gasteiger partial charge is 0.508 e. The predicted octanol–water partition coefficient (Wildman–Crippen LogP) is 6.05. The zero-order valence-electron chi connectivity index (χ0n) is 26.5. The molecule has 1 fully saturated rings. The second-order valence-electron chi connectivity index (χ2n) is 12.0. The summed E-state index contributed by atoms with van der Waals surface area (Å²) in [6.07, 6.45) is 9.67. The van der Waals surface area contributed by atoms with Crippen LogP contribution >= 0.6 is 11.6 Å². The quantitative estimate of drug-likeness (QED) is 0.168. The van der Waals surface area contributed by atoms with Gasteiger partial charge in [0.15, 0.2) is 0 Å². The summed E-state index contributed by atoms with van der Waals surface area (Å²) in [5.74, 6) is 1.01. The molecule has 9 nitrogen and oxygen atoms in total. The summed E-state index contributed by atoms with van der Waals surface area (Å²) in [4.78, 5) is 17.8. The Balaban J connectivity index is 1.03. The van der Waals surface area contributed by atoms with Crippen LogP contribution in [-0.2, 0) is 20.5 Å². The van der Waals surface area contributed by atoms with Crippen molar-refractivity contribution in [2.75, 3.05) is 39.3 Å². The molecular weight excluding hydrogens is 636 g/mol. The molecule has 0 atom stereocenters. The van der Waals surface area contributed by atoms with Crippen molar-refractivity contribution in [3.05, 3.63) is 119 Å². The van der Waals surface area contributed by atoms with E-state index in [2.05, 4.69) is 19.8 Å². The Hall–Kier alpha value is -3.83. The van der Waals surface area contributed by atoms with Gasteiger partial charge in [0, 0.05) is 54.7 Å². The number of phenols is 1. The van der Waals surface area contributed by atoms with E-state index in [1.165, 1.54) is 0 Å². The highest BCUT2D eigenvalue weighted by molar-refractivity contribution is 7.88. The number of phenolic OH excluding ortho intramolecular Hbond substituents is 1. The maximum atomic E-state index is 13.2. The highest BCUT2D eigenvalue weighted by Gasteiger charge is 2.25. The lowest BCUT2D eigenvalue weighted by Gasteiger charge is -2.34. The van der Waals surface area contributed by atoms with E-state index in [1.807, 2.05) is 48.8 Å². The van der Waals surface area contributed by atoms with Crippen LogP contribution in [-0.4, -0.2) is 68.5 Å². The Morgan fingerprint density at radius 2 is 1.72 bits per heavy atom. The number of amides is 1. The fourth-order valence-electron chi connectivity index (χ4n) is 5.95. The first-order valence-electron chi connectivity index (χ1n) is 16.2. The van der Waals surface area contributed by atoms with Gasteiger partial charge in [0.05, 0.1) is 5.75 Å². The Bertz CT molecular complexity index is 1660. The van der Waals surface area contributed by atoms with Crippen molar-refractivity contribution in [2.45, 2.75) is 43.8 Å².